The van der Waals surface area contributed by atoms with E-state index in [0.29, 0.717) is 19.0 Å². The van der Waals surface area contributed by atoms with Gasteiger partial charge in [-0.1, -0.05) is 31.2 Å². The van der Waals surface area contributed by atoms with Crippen molar-refractivity contribution in [1.29, 1.82) is 0 Å². The van der Waals surface area contributed by atoms with Crippen LogP contribution in [-0.4, -0.2) is 67.7 Å². The van der Waals surface area contributed by atoms with Crippen LogP contribution >= 0.6 is 24.0 Å². The van der Waals surface area contributed by atoms with Gasteiger partial charge in [0.05, 0.1) is 0 Å². The number of rotatable bonds is 7. The van der Waals surface area contributed by atoms with Crippen molar-refractivity contribution in [1.82, 2.24) is 20.4 Å². The van der Waals surface area contributed by atoms with Gasteiger partial charge in [0.15, 0.2) is 5.96 Å². The molecule has 0 spiro atoms. The monoisotopic (exact) mass is 545 g/mol. The van der Waals surface area contributed by atoms with Gasteiger partial charge in [0.25, 0.3) is 0 Å². The minimum absolute atomic E-state index is 0. The molecule has 0 aliphatic carbocycles. The third kappa shape index (κ3) is 10.1. The second-order valence-electron chi connectivity index (χ2n) is 9.01. The van der Waals surface area contributed by atoms with Gasteiger partial charge in [-0.05, 0) is 57.3 Å². The van der Waals surface area contributed by atoms with Crippen molar-refractivity contribution in [2.24, 2.45) is 10.9 Å². The molecule has 0 bridgehead atoms. The number of carbonyl (C=O) groups is 1. The largest absolute Gasteiger partial charge is 0.444 e. The van der Waals surface area contributed by atoms with Crippen LogP contribution in [0.2, 0.25) is 0 Å². The molecule has 1 aliphatic rings. The zero-order chi connectivity index (χ0) is 22.1. The van der Waals surface area contributed by atoms with Crippen LogP contribution in [0.25, 0.3) is 0 Å². The second kappa shape index (κ2) is 13.1. The van der Waals surface area contributed by atoms with Crippen LogP contribution < -0.4 is 10.6 Å². The highest BCUT2D eigenvalue weighted by Gasteiger charge is 2.21. The third-order valence-corrected chi connectivity index (χ3v) is 5.21. The Kier molecular flexibility index (Phi) is 11.6. The van der Waals surface area contributed by atoms with Gasteiger partial charge >= 0.3 is 6.09 Å². The number of amides is 1. The standard InChI is InChI=1S/C23H39N5O2.HI/c1-7-28-13-12-20(17-28)15-26-21(24-5)25-14-18-8-10-19(11-9-18)16-27(6)22(29)30-23(2,3)4;/h8-11,20H,7,12-17H2,1-6H3,(H2,24,25,26);1H. The van der Waals surface area contributed by atoms with Crippen molar-refractivity contribution in [3.05, 3.63) is 35.4 Å². The highest BCUT2D eigenvalue weighted by atomic mass is 127. The van der Waals surface area contributed by atoms with Gasteiger partial charge in [0, 0.05) is 40.3 Å². The van der Waals surface area contributed by atoms with E-state index in [-0.39, 0.29) is 30.1 Å². The highest BCUT2D eigenvalue weighted by molar-refractivity contribution is 14.0. The number of nitrogens with one attached hydrogen (secondary N) is 2. The summed E-state index contributed by atoms with van der Waals surface area (Å²) in [6.07, 6.45) is 0.935. The maximum absolute atomic E-state index is 12.1. The van der Waals surface area contributed by atoms with Gasteiger partial charge in [0.1, 0.15) is 5.60 Å². The minimum atomic E-state index is -0.486. The summed E-state index contributed by atoms with van der Waals surface area (Å²) in [5.41, 5.74) is 1.75. The summed E-state index contributed by atoms with van der Waals surface area (Å²) in [6.45, 7) is 13.5. The summed E-state index contributed by atoms with van der Waals surface area (Å²) < 4.78 is 5.40. The average molecular weight is 546 g/mol. The quantitative estimate of drug-likeness (QED) is 0.311. The van der Waals surface area contributed by atoms with Crippen molar-refractivity contribution < 1.29 is 9.53 Å². The Morgan fingerprint density at radius 1 is 1.23 bits per heavy atom. The minimum Gasteiger partial charge on any atom is -0.444 e. The molecule has 1 unspecified atom stereocenters. The van der Waals surface area contributed by atoms with E-state index in [0.717, 1.165) is 24.6 Å². The van der Waals surface area contributed by atoms with Crippen LogP contribution in [0, 0.1) is 5.92 Å². The number of likely N-dealkylation sites (tertiary alicyclic amines) is 1. The van der Waals surface area contributed by atoms with Gasteiger partial charge in [0.2, 0.25) is 0 Å². The van der Waals surface area contributed by atoms with E-state index in [2.05, 4.69) is 39.6 Å². The summed E-state index contributed by atoms with van der Waals surface area (Å²) in [5.74, 6) is 1.52. The fourth-order valence-corrected chi connectivity index (χ4v) is 3.45. The van der Waals surface area contributed by atoms with Gasteiger partial charge in [-0.25, -0.2) is 4.79 Å². The van der Waals surface area contributed by atoms with Crippen LogP contribution in [-0.2, 0) is 17.8 Å². The molecule has 2 rings (SSSR count). The average Bonchev–Trinajstić information content (AvgIpc) is 3.16. The molecule has 1 heterocycles. The lowest BCUT2D eigenvalue weighted by Crippen LogP contribution is -2.39. The number of halogens is 1. The Morgan fingerprint density at radius 3 is 2.42 bits per heavy atom. The maximum Gasteiger partial charge on any atom is 0.410 e. The molecule has 176 valence electrons. The Morgan fingerprint density at radius 2 is 1.87 bits per heavy atom. The van der Waals surface area contributed by atoms with E-state index in [1.165, 1.54) is 25.1 Å². The molecule has 8 heteroatoms. The predicted molar refractivity (Wildman–Crippen MR) is 138 cm³/mol. The molecule has 0 radical (unpaired) electrons. The molecule has 1 atom stereocenters. The smallest absolute Gasteiger partial charge is 0.410 e. The Labute approximate surface area is 205 Å². The first kappa shape index (κ1) is 27.5. The van der Waals surface area contributed by atoms with Gasteiger partial charge < -0.3 is 25.2 Å². The molecule has 1 fully saturated rings. The fraction of sp³-hybridized carbons (Fsp3) is 0.652. The van der Waals surface area contributed by atoms with Crippen LogP contribution in [0.15, 0.2) is 29.3 Å². The topological polar surface area (TPSA) is 69.2 Å². The van der Waals surface area contributed by atoms with E-state index >= 15 is 0 Å². The number of hydrogen-bond acceptors (Lipinski definition) is 4. The van der Waals surface area contributed by atoms with E-state index in [9.17, 15) is 4.79 Å². The SMILES string of the molecule is CCN1CCC(CNC(=NC)NCc2ccc(CN(C)C(=O)OC(C)(C)C)cc2)C1.I. The van der Waals surface area contributed by atoms with Crippen molar-refractivity contribution >= 4 is 36.0 Å². The molecule has 1 aromatic rings. The van der Waals surface area contributed by atoms with Crippen LogP contribution in [0.5, 0.6) is 0 Å². The number of benzene rings is 1. The van der Waals surface area contributed by atoms with Crippen LogP contribution in [0.1, 0.15) is 45.2 Å². The normalized spacial score (nSPS) is 17.1. The molecule has 1 aromatic carbocycles. The van der Waals surface area contributed by atoms with Gasteiger partial charge in [-0.2, -0.15) is 0 Å². The number of nitrogens with zero attached hydrogens (tertiary/aromatic N) is 3. The van der Waals surface area contributed by atoms with E-state index in [4.69, 9.17) is 4.74 Å². The first-order chi connectivity index (χ1) is 14.2. The lowest BCUT2D eigenvalue weighted by atomic mass is 10.1. The number of carbonyl (C=O) groups excluding carboxylic acids is 1. The highest BCUT2D eigenvalue weighted by Crippen LogP contribution is 2.14. The molecule has 31 heavy (non-hydrogen) atoms. The molecule has 1 saturated heterocycles. The summed E-state index contributed by atoms with van der Waals surface area (Å²) in [6, 6.07) is 8.25. The van der Waals surface area contributed by atoms with Crippen LogP contribution in [0.4, 0.5) is 4.79 Å². The van der Waals surface area contributed by atoms with Crippen molar-refractivity contribution in [3.63, 3.8) is 0 Å². The van der Waals surface area contributed by atoms with E-state index in [1.54, 1.807) is 19.0 Å². The van der Waals surface area contributed by atoms with Crippen molar-refractivity contribution in [2.75, 3.05) is 40.3 Å². The number of hydrogen-bond donors (Lipinski definition) is 2. The summed E-state index contributed by atoms with van der Waals surface area (Å²) in [4.78, 5) is 20.5. The Balaban J connectivity index is 0.00000480. The van der Waals surface area contributed by atoms with Crippen molar-refractivity contribution in [3.8, 4) is 0 Å². The molecule has 2 N–H and O–H groups in total. The zero-order valence-electron chi connectivity index (χ0n) is 19.9. The first-order valence-corrected chi connectivity index (χ1v) is 10.9. The van der Waals surface area contributed by atoms with Crippen molar-refractivity contribution in [2.45, 2.75) is 52.8 Å². The summed E-state index contributed by atoms with van der Waals surface area (Å²) >= 11 is 0. The fourth-order valence-electron chi connectivity index (χ4n) is 3.45. The third-order valence-electron chi connectivity index (χ3n) is 5.21. The zero-order valence-corrected chi connectivity index (χ0v) is 22.2. The Bertz CT molecular complexity index is 703. The first-order valence-electron chi connectivity index (χ1n) is 10.9. The predicted octanol–water partition coefficient (Wildman–Crippen LogP) is 3.68. The maximum atomic E-state index is 12.1. The molecule has 1 amide bonds. The Hall–Kier alpha value is -1.55. The molecule has 0 aromatic heterocycles. The number of guanidine groups is 1. The van der Waals surface area contributed by atoms with E-state index in [1.807, 2.05) is 32.9 Å². The lowest BCUT2D eigenvalue weighted by molar-refractivity contribution is 0.0285. The number of aliphatic imine (C=N–C) groups is 1. The second-order valence-corrected chi connectivity index (χ2v) is 9.01. The molecule has 7 nitrogen and oxygen atoms in total. The molecular formula is C23H40IN5O2. The van der Waals surface area contributed by atoms with Gasteiger partial charge in [-0.15, -0.1) is 24.0 Å². The van der Waals surface area contributed by atoms with Crippen LogP contribution in [0.3, 0.4) is 0 Å². The summed E-state index contributed by atoms with van der Waals surface area (Å²) in [5, 5.41) is 6.83. The molecular weight excluding hydrogens is 505 g/mol. The number of ether oxygens (including phenoxy) is 1. The lowest BCUT2D eigenvalue weighted by Gasteiger charge is -2.24. The molecule has 1 aliphatic heterocycles. The van der Waals surface area contributed by atoms with Gasteiger partial charge in [-0.3, -0.25) is 4.99 Å². The van der Waals surface area contributed by atoms with E-state index < -0.39 is 5.60 Å². The summed E-state index contributed by atoms with van der Waals surface area (Å²) in [7, 11) is 3.56. The molecule has 0 saturated carbocycles.